The fourth-order valence-electron chi connectivity index (χ4n) is 1.57. The Morgan fingerprint density at radius 3 is 2.00 bits per heavy atom. The van der Waals surface area contributed by atoms with Gasteiger partial charge in [0.15, 0.2) is 0 Å². The predicted molar refractivity (Wildman–Crippen MR) is 71.1 cm³/mol. The van der Waals surface area contributed by atoms with Crippen LogP contribution < -0.4 is 5.48 Å². The van der Waals surface area contributed by atoms with Crippen molar-refractivity contribution >= 4 is 18.1 Å². The molecule has 0 bridgehead atoms. The Morgan fingerprint density at radius 2 is 1.44 bits per heavy atom. The van der Waals surface area contributed by atoms with Gasteiger partial charge in [-0.15, -0.1) is 0 Å². The Balaban J connectivity index is 2.11. The normalized spacial score (nSPS) is 10.5. The van der Waals surface area contributed by atoms with E-state index in [9.17, 15) is 4.79 Å². The second-order valence-corrected chi connectivity index (χ2v) is 3.81. The van der Waals surface area contributed by atoms with E-state index in [1.165, 1.54) is 0 Å². The van der Waals surface area contributed by atoms with Crippen LogP contribution in [0.4, 0.5) is 0 Å². The van der Waals surface area contributed by atoms with E-state index < -0.39 is 5.91 Å². The number of benzene rings is 2. The highest BCUT2D eigenvalue weighted by Crippen LogP contribution is 2.09. The highest BCUT2D eigenvalue weighted by atomic mass is 16.5. The third-order valence-corrected chi connectivity index (χ3v) is 2.54. The smallest absolute Gasteiger partial charge is 0.274 e. The lowest BCUT2D eigenvalue weighted by molar-refractivity contribution is 0.0706. The van der Waals surface area contributed by atoms with Crippen LogP contribution in [0.25, 0.3) is 12.2 Å². The van der Waals surface area contributed by atoms with Crippen LogP contribution in [0.2, 0.25) is 0 Å². The van der Waals surface area contributed by atoms with Gasteiger partial charge in [-0.3, -0.25) is 10.0 Å². The summed E-state index contributed by atoms with van der Waals surface area (Å²) < 4.78 is 0. The average Bonchev–Trinajstić information content (AvgIpc) is 2.46. The lowest BCUT2D eigenvalue weighted by Gasteiger charge is -1.99. The van der Waals surface area contributed by atoms with Crippen LogP contribution >= 0.6 is 0 Å². The zero-order valence-corrected chi connectivity index (χ0v) is 9.71. The molecule has 90 valence electrons. The molecule has 0 unspecified atom stereocenters. The van der Waals surface area contributed by atoms with Gasteiger partial charge in [0.05, 0.1) is 0 Å². The summed E-state index contributed by atoms with van der Waals surface area (Å²) in [5.41, 5.74) is 4.14. The highest BCUT2D eigenvalue weighted by Gasteiger charge is 2.01. The van der Waals surface area contributed by atoms with Crippen molar-refractivity contribution < 1.29 is 10.0 Å². The summed E-state index contributed by atoms with van der Waals surface area (Å²) in [7, 11) is 0. The minimum Gasteiger partial charge on any atom is -0.288 e. The summed E-state index contributed by atoms with van der Waals surface area (Å²) in [5, 5.41) is 8.50. The second-order valence-electron chi connectivity index (χ2n) is 3.81. The number of hydrogen-bond acceptors (Lipinski definition) is 2. The molecule has 0 saturated heterocycles. The Morgan fingerprint density at radius 1 is 0.889 bits per heavy atom. The van der Waals surface area contributed by atoms with Crippen molar-refractivity contribution in [1.82, 2.24) is 5.48 Å². The molecule has 0 saturated carbocycles. The number of hydroxylamine groups is 1. The van der Waals surface area contributed by atoms with E-state index in [0.717, 1.165) is 11.1 Å². The first-order chi connectivity index (χ1) is 8.79. The SMILES string of the molecule is O=C(NO)c1ccc(C=Cc2ccccc2)cc1. The van der Waals surface area contributed by atoms with Gasteiger partial charge in [0, 0.05) is 5.56 Å². The first-order valence-corrected chi connectivity index (χ1v) is 5.57. The summed E-state index contributed by atoms with van der Waals surface area (Å²) >= 11 is 0. The number of rotatable bonds is 3. The Bertz CT molecular complexity index is 544. The van der Waals surface area contributed by atoms with E-state index >= 15 is 0 Å². The van der Waals surface area contributed by atoms with Crippen molar-refractivity contribution in [3.63, 3.8) is 0 Å². The maximum Gasteiger partial charge on any atom is 0.274 e. The first kappa shape index (κ1) is 12.1. The molecule has 0 spiro atoms. The fourth-order valence-corrected chi connectivity index (χ4v) is 1.57. The standard InChI is InChI=1S/C15H13NO2/c17-15(16-18)14-10-8-13(9-11-14)7-6-12-4-2-1-3-5-12/h1-11,18H,(H,16,17). The van der Waals surface area contributed by atoms with Crippen LogP contribution in [0.15, 0.2) is 54.6 Å². The fraction of sp³-hybridized carbons (Fsp3) is 0. The zero-order valence-electron chi connectivity index (χ0n) is 9.71. The summed E-state index contributed by atoms with van der Waals surface area (Å²) in [6.07, 6.45) is 3.97. The van der Waals surface area contributed by atoms with Crippen LogP contribution in [0.1, 0.15) is 21.5 Å². The number of nitrogens with one attached hydrogen (secondary N) is 1. The molecule has 0 atom stereocenters. The van der Waals surface area contributed by atoms with Gasteiger partial charge in [-0.2, -0.15) is 0 Å². The van der Waals surface area contributed by atoms with Gasteiger partial charge in [0.25, 0.3) is 5.91 Å². The third-order valence-electron chi connectivity index (χ3n) is 2.54. The van der Waals surface area contributed by atoms with Crippen LogP contribution in [-0.2, 0) is 0 Å². The van der Waals surface area contributed by atoms with Crippen molar-refractivity contribution in [2.24, 2.45) is 0 Å². The largest absolute Gasteiger partial charge is 0.288 e. The topological polar surface area (TPSA) is 49.3 Å². The lowest BCUT2D eigenvalue weighted by Crippen LogP contribution is -2.18. The lowest BCUT2D eigenvalue weighted by atomic mass is 10.1. The Hall–Kier alpha value is -2.39. The molecular weight excluding hydrogens is 226 g/mol. The van der Waals surface area contributed by atoms with Crippen molar-refractivity contribution in [3.05, 3.63) is 71.3 Å². The zero-order chi connectivity index (χ0) is 12.8. The summed E-state index contributed by atoms with van der Waals surface area (Å²) in [6.45, 7) is 0. The molecule has 1 amide bonds. The minimum absolute atomic E-state index is 0.425. The van der Waals surface area contributed by atoms with Crippen molar-refractivity contribution in [3.8, 4) is 0 Å². The van der Waals surface area contributed by atoms with Crippen molar-refractivity contribution in [2.75, 3.05) is 0 Å². The molecule has 3 nitrogen and oxygen atoms in total. The summed E-state index contributed by atoms with van der Waals surface area (Å²) in [4.78, 5) is 11.1. The van der Waals surface area contributed by atoms with E-state index in [1.807, 2.05) is 54.6 Å². The molecule has 0 aromatic heterocycles. The van der Waals surface area contributed by atoms with Crippen LogP contribution in [0.5, 0.6) is 0 Å². The molecule has 18 heavy (non-hydrogen) atoms. The number of amides is 1. The van der Waals surface area contributed by atoms with E-state index in [2.05, 4.69) is 0 Å². The minimum atomic E-state index is -0.506. The average molecular weight is 239 g/mol. The number of carbonyl (C=O) groups excluding carboxylic acids is 1. The van der Waals surface area contributed by atoms with Gasteiger partial charge >= 0.3 is 0 Å². The Labute approximate surface area is 105 Å². The van der Waals surface area contributed by atoms with Crippen LogP contribution in [0.3, 0.4) is 0 Å². The summed E-state index contributed by atoms with van der Waals surface area (Å²) in [5.74, 6) is -0.506. The molecule has 0 radical (unpaired) electrons. The van der Waals surface area contributed by atoms with Gasteiger partial charge in [0.2, 0.25) is 0 Å². The number of carbonyl (C=O) groups is 1. The molecule has 0 fully saturated rings. The van der Waals surface area contributed by atoms with Gasteiger partial charge < -0.3 is 0 Å². The molecule has 2 N–H and O–H groups in total. The third kappa shape index (κ3) is 3.06. The molecule has 0 heterocycles. The van der Waals surface area contributed by atoms with Crippen LogP contribution in [0, 0.1) is 0 Å². The maximum absolute atomic E-state index is 11.1. The molecule has 3 heteroatoms. The second kappa shape index (κ2) is 5.80. The molecule has 2 aromatic rings. The molecular formula is C15H13NO2. The van der Waals surface area contributed by atoms with Crippen molar-refractivity contribution in [1.29, 1.82) is 0 Å². The molecule has 0 aliphatic heterocycles. The summed E-state index contributed by atoms with van der Waals surface area (Å²) in [6, 6.07) is 16.9. The Kier molecular flexibility index (Phi) is 3.89. The highest BCUT2D eigenvalue weighted by molar-refractivity contribution is 5.93. The van der Waals surface area contributed by atoms with Gasteiger partial charge in [-0.1, -0.05) is 54.6 Å². The van der Waals surface area contributed by atoms with E-state index in [0.29, 0.717) is 5.56 Å². The predicted octanol–water partition coefficient (Wildman–Crippen LogP) is 2.98. The molecule has 0 aliphatic carbocycles. The maximum atomic E-state index is 11.1. The van der Waals surface area contributed by atoms with Gasteiger partial charge in [-0.25, -0.2) is 5.48 Å². The van der Waals surface area contributed by atoms with E-state index in [1.54, 1.807) is 17.6 Å². The number of hydrogen-bond donors (Lipinski definition) is 2. The molecule has 2 aromatic carbocycles. The van der Waals surface area contributed by atoms with Crippen LogP contribution in [-0.4, -0.2) is 11.1 Å². The van der Waals surface area contributed by atoms with Crippen molar-refractivity contribution in [2.45, 2.75) is 0 Å². The van der Waals surface area contributed by atoms with E-state index in [-0.39, 0.29) is 0 Å². The molecule has 0 aliphatic rings. The van der Waals surface area contributed by atoms with Gasteiger partial charge in [-0.05, 0) is 23.3 Å². The monoisotopic (exact) mass is 239 g/mol. The van der Waals surface area contributed by atoms with Gasteiger partial charge in [0.1, 0.15) is 0 Å². The quantitative estimate of drug-likeness (QED) is 0.491. The van der Waals surface area contributed by atoms with E-state index in [4.69, 9.17) is 5.21 Å². The first-order valence-electron chi connectivity index (χ1n) is 5.57. The molecule has 2 rings (SSSR count).